The molecule has 0 bridgehead atoms. The molecule has 2 N–H and O–H groups in total. The van der Waals surface area contributed by atoms with Gasteiger partial charge in [0.15, 0.2) is 0 Å². The van der Waals surface area contributed by atoms with Gasteiger partial charge in [0.25, 0.3) is 0 Å². The summed E-state index contributed by atoms with van der Waals surface area (Å²) in [4.78, 5) is 2.68. The SMILES string of the molecule is CCC1CCC(C)N1C(CN)c1c(C)cccc1C. The zero-order valence-electron chi connectivity index (χ0n) is 12.8. The topological polar surface area (TPSA) is 29.3 Å². The molecule has 2 heteroatoms. The first-order chi connectivity index (χ1) is 9.10. The van der Waals surface area contributed by atoms with E-state index in [4.69, 9.17) is 5.73 Å². The Kier molecular flexibility index (Phi) is 4.64. The summed E-state index contributed by atoms with van der Waals surface area (Å²) in [5.41, 5.74) is 10.4. The van der Waals surface area contributed by atoms with Gasteiger partial charge in [0.05, 0.1) is 0 Å². The lowest BCUT2D eigenvalue weighted by Crippen LogP contribution is -2.41. The van der Waals surface area contributed by atoms with E-state index in [9.17, 15) is 0 Å². The maximum Gasteiger partial charge on any atom is 0.0481 e. The molecule has 1 heterocycles. The summed E-state index contributed by atoms with van der Waals surface area (Å²) in [5, 5.41) is 0. The molecule has 19 heavy (non-hydrogen) atoms. The van der Waals surface area contributed by atoms with Crippen LogP contribution in [-0.2, 0) is 0 Å². The van der Waals surface area contributed by atoms with Gasteiger partial charge in [-0.1, -0.05) is 25.1 Å². The van der Waals surface area contributed by atoms with Crippen molar-refractivity contribution in [1.29, 1.82) is 0 Å². The maximum absolute atomic E-state index is 6.16. The second kappa shape index (κ2) is 6.06. The molecule has 2 rings (SSSR count). The highest BCUT2D eigenvalue weighted by Gasteiger charge is 2.35. The molecular formula is C17H28N2. The van der Waals surface area contributed by atoms with Gasteiger partial charge in [0.2, 0.25) is 0 Å². The van der Waals surface area contributed by atoms with Crippen LogP contribution in [0.15, 0.2) is 18.2 Å². The van der Waals surface area contributed by atoms with E-state index in [1.165, 1.54) is 36.0 Å². The van der Waals surface area contributed by atoms with Gasteiger partial charge in [-0.05, 0) is 56.7 Å². The van der Waals surface area contributed by atoms with E-state index in [0.717, 1.165) is 0 Å². The molecule has 0 saturated carbocycles. The molecule has 2 nitrogen and oxygen atoms in total. The van der Waals surface area contributed by atoms with Gasteiger partial charge in [0, 0.05) is 24.7 Å². The number of likely N-dealkylation sites (tertiary alicyclic amines) is 1. The maximum atomic E-state index is 6.16. The van der Waals surface area contributed by atoms with Crippen molar-refractivity contribution in [3.63, 3.8) is 0 Å². The summed E-state index contributed by atoms with van der Waals surface area (Å²) < 4.78 is 0. The molecule has 1 aromatic carbocycles. The third-order valence-corrected chi connectivity index (χ3v) is 4.78. The van der Waals surface area contributed by atoms with Gasteiger partial charge in [-0.15, -0.1) is 0 Å². The first kappa shape index (κ1) is 14.5. The van der Waals surface area contributed by atoms with Crippen LogP contribution in [0.4, 0.5) is 0 Å². The van der Waals surface area contributed by atoms with Crippen LogP contribution in [0.2, 0.25) is 0 Å². The summed E-state index contributed by atoms with van der Waals surface area (Å²) in [7, 11) is 0. The lowest BCUT2D eigenvalue weighted by Gasteiger charge is -2.37. The molecular weight excluding hydrogens is 232 g/mol. The summed E-state index contributed by atoms with van der Waals surface area (Å²) >= 11 is 0. The van der Waals surface area contributed by atoms with Gasteiger partial charge in [0.1, 0.15) is 0 Å². The van der Waals surface area contributed by atoms with Gasteiger partial charge >= 0.3 is 0 Å². The Bertz CT molecular complexity index is 407. The number of nitrogens with two attached hydrogens (primary N) is 1. The van der Waals surface area contributed by atoms with E-state index in [0.29, 0.717) is 24.7 Å². The molecule has 1 aliphatic rings. The number of nitrogens with zero attached hydrogens (tertiary/aromatic N) is 1. The van der Waals surface area contributed by atoms with E-state index in [1.54, 1.807) is 0 Å². The van der Waals surface area contributed by atoms with Crippen molar-refractivity contribution in [2.24, 2.45) is 5.73 Å². The van der Waals surface area contributed by atoms with Crippen molar-refractivity contribution >= 4 is 0 Å². The van der Waals surface area contributed by atoms with Crippen LogP contribution in [0.3, 0.4) is 0 Å². The Hall–Kier alpha value is -0.860. The summed E-state index contributed by atoms with van der Waals surface area (Å²) in [5.74, 6) is 0. The Balaban J connectivity index is 2.39. The van der Waals surface area contributed by atoms with E-state index in [2.05, 4.69) is 50.8 Å². The Morgan fingerprint density at radius 3 is 2.42 bits per heavy atom. The van der Waals surface area contributed by atoms with Gasteiger partial charge in [-0.25, -0.2) is 0 Å². The fourth-order valence-electron chi connectivity index (χ4n) is 3.81. The number of benzene rings is 1. The average molecular weight is 260 g/mol. The van der Waals surface area contributed by atoms with E-state index in [-0.39, 0.29) is 0 Å². The quantitative estimate of drug-likeness (QED) is 0.897. The van der Waals surface area contributed by atoms with Crippen LogP contribution in [0.25, 0.3) is 0 Å². The second-order valence-electron chi connectivity index (χ2n) is 5.99. The number of aryl methyl sites for hydroxylation is 2. The fraction of sp³-hybridized carbons (Fsp3) is 0.647. The number of rotatable bonds is 4. The van der Waals surface area contributed by atoms with Crippen molar-refractivity contribution in [2.45, 2.75) is 65.1 Å². The molecule has 0 amide bonds. The zero-order chi connectivity index (χ0) is 14.0. The minimum absolute atomic E-state index is 0.378. The highest BCUT2D eigenvalue weighted by atomic mass is 15.2. The third kappa shape index (κ3) is 2.70. The van der Waals surface area contributed by atoms with Crippen molar-refractivity contribution in [2.75, 3.05) is 6.54 Å². The third-order valence-electron chi connectivity index (χ3n) is 4.78. The summed E-state index contributed by atoms with van der Waals surface area (Å²) in [6, 6.07) is 8.30. The normalized spacial score (nSPS) is 25.7. The first-order valence-corrected chi connectivity index (χ1v) is 7.63. The van der Waals surface area contributed by atoms with Crippen LogP contribution < -0.4 is 5.73 Å². The minimum Gasteiger partial charge on any atom is -0.329 e. The van der Waals surface area contributed by atoms with Crippen LogP contribution in [-0.4, -0.2) is 23.5 Å². The van der Waals surface area contributed by atoms with Gasteiger partial charge < -0.3 is 5.73 Å². The highest BCUT2D eigenvalue weighted by molar-refractivity contribution is 5.36. The molecule has 0 aliphatic carbocycles. The van der Waals surface area contributed by atoms with Crippen molar-refractivity contribution in [3.05, 3.63) is 34.9 Å². The van der Waals surface area contributed by atoms with Crippen molar-refractivity contribution in [1.82, 2.24) is 4.90 Å². The van der Waals surface area contributed by atoms with Crippen molar-refractivity contribution in [3.8, 4) is 0 Å². The Morgan fingerprint density at radius 2 is 1.89 bits per heavy atom. The lowest BCUT2D eigenvalue weighted by atomic mass is 9.94. The molecule has 3 atom stereocenters. The van der Waals surface area contributed by atoms with Gasteiger partial charge in [-0.2, -0.15) is 0 Å². The molecule has 0 aromatic heterocycles. The largest absolute Gasteiger partial charge is 0.329 e. The predicted octanol–water partition coefficient (Wildman–Crippen LogP) is 3.57. The van der Waals surface area contributed by atoms with Crippen molar-refractivity contribution < 1.29 is 0 Å². The lowest BCUT2D eigenvalue weighted by molar-refractivity contribution is 0.136. The van der Waals surface area contributed by atoms with Crippen LogP contribution >= 0.6 is 0 Å². The number of hydrogen-bond donors (Lipinski definition) is 1. The van der Waals surface area contributed by atoms with Crippen LogP contribution in [0.5, 0.6) is 0 Å². The Morgan fingerprint density at radius 1 is 1.26 bits per heavy atom. The molecule has 0 radical (unpaired) electrons. The first-order valence-electron chi connectivity index (χ1n) is 7.63. The fourth-order valence-corrected chi connectivity index (χ4v) is 3.81. The second-order valence-corrected chi connectivity index (χ2v) is 5.99. The van der Waals surface area contributed by atoms with Crippen LogP contribution in [0, 0.1) is 13.8 Å². The molecule has 106 valence electrons. The minimum atomic E-state index is 0.378. The Labute approximate surface area is 118 Å². The average Bonchev–Trinajstić information content (AvgIpc) is 2.75. The van der Waals surface area contributed by atoms with E-state index in [1.807, 2.05) is 0 Å². The van der Waals surface area contributed by atoms with Gasteiger partial charge in [-0.3, -0.25) is 4.90 Å². The summed E-state index contributed by atoms with van der Waals surface area (Å²) in [6.07, 6.45) is 3.85. The highest BCUT2D eigenvalue weighted by Crippen LogP contribution is 2.36. The molecule has 3 unspecified atom stereocenters. The predicted molar refractivity (Wildman–Crippen MR) is 82.3 cm³/mol. The standard InChI is InChI=1S/C17H28N2/c1-5-15-10-9-14(4)19(15)16(11-18)17-12(2)7-6-8-13(17)3/h6-8,14-16H,5,9-11,18H2,1-4H3. The van der Waals surface area contributed by atoms with E-state index < -0.39 is 0 Å². The molecule has 0 spiro atoms. The summed E-state index contributed by atoms with van der Waals surface area (Å²) in [6.45, 7) is 9.80. The molecule has 1 fully saturated rings. The van der Waals surface area contributed by atoms with Crippen LogP contribution in [0.1, 0.15) is 55.8 Å². The molecule has 1 saturated heterocycles. The smallest absolute Gasteiger partial charge is 0.0481 e. The monoisotopic (exact) mass is 260 g/mol. The zero-order valence-corrected chi connectivity index (χ0v) is 12.8. The van der Waals surface area contributed by atoms with E-state index >= 15 is 0 Å². The molecule has 1 aromatic rings. The molecule has 1 aliphatic heterocycles. The number of hydrogen-bond acceptors (Lipinski definition) is 2.